The Labute approximate surface area is 152 Å². The average molecular weight is 419 g/mol. The lowest BCUT2D eigenvalue weighted by Crippen LogP contribution is -2.39. The van der Waals surface area contributed by atoms with E-state index < -0.39 is 0 Å². The molecule has 0 N–H and O–H groups in total. The molecule has 0 bridgehead atoms. The summed E-state index contributed by atoms with van der Waals surface area (Å²) in [6.45, 7) is 3.81. The minimum atomic E-state index is 0.188. The van der Waals surface area contributed by atoms with Crippen molar-refractivity contribution < 1.29 is 4.79 Å². The number of carbonyl (C=O) groups is 1. The molecule has 2 nitrogen and oxygen atoms in total. The summed E-state index contributed by atoms with van der Waals surface area (Å²) in [5.74, 6) is 0.881. The Kier molecular flexibility index (Phi) is 5.36. The topological polar surface area (TPSA) is 20.3 Å². The number of hydrogen-bond acceptors (Lipinski definition) is 1. The van der Waals surface area contributed by atoms with Crippen molar-refractivity contribution in [2.24, 2.45) is 5.92 Å². The van der Waals surface area contributed by atoms with Crippen molar-refractivity contribution in [3.05, 3.63) is 68.8 Å². The van der Waals surface area contributed by atoms with Gasteiger partial charge in [-0.15, -0.1) is 0 Å². The Morgan fingerprint density at radius 3 is 2.48 bits per heavy atom. The van der Waals surface area contributed by atoms with Crippen LogP contribution in [0.1, 0.15) is 34.3 Å². The molecular weight excluding hydrogens is 397 g/mol. The van der Waals surface area contributed by atoms with E-state index in [9.17, 15) is 4.79 Å². The van der Waals surface area contributed by atoms with Crippen molar-refractivity contribution in [3.63, 3.8) is 0 Å². The summed E-state index contributed by atoms with van der Waals surface area (Å²) in [4.78, 5) is 14.7. The van der Waals surface area contributed by atoms with Gasteiger partial charge in [0, 0.05) is 16.7 Å². The van der Waals surface area contributed by atoms with Crippen molar-refractivity contribution in [1.82, 2.24) is 4.90 Å². The van der Waals surface area contributed by atoms with Gasteiger partial charge in [0.05, 0.1) is 5.56 Å². The van der Waals surface area contributed by atoms with Gasteiger partial charge >= 0.3 is 0 Å². The van der Waals surface area contributed by atoms with E-state index in [1.807, 2.05) is 17.0 Å². The van der Waals surface area contributed by atoms with Crippen LogP contribution in [0, 0.1) is 16.4 Å². The van der Waals surface area contributed by atoms with E-state index in [1.165, 1.54) is 11.1 Å². The molecule has 0 aliphatic carbocycles. The second kappa shape index (κ2) is 7.47. The number of piperidine rings is 1. The molecule has 120 valence electrons. The molecule has 3 heteroatoms. The summed E-state index contributed by atoms with van der Waals surface area (Å²) in [5, 5.41) is 0. The van der Waals surface area contributed by atoms with Crippen molar-refractivity contribution in [1.29, 1.82) is 0 Å². The van der Waals surface area contributed by atoms with Crippen molar-refractivity contribution >= 4 is 28.5 Å². The van der Waals surface area contributed by atoms with Crippen molar-refractivity contribution in [2.75, 3.05) is 13.1 Å². The van der Waals surface area contributed by atoms with Gasteiger partial charge in [0.25, 0.3) is 5.91 Å². The van der Waals surface area contributed by atoms with E-state index in [0.29, 0.717) is 5.92 Å². The molecule has 0 radical (unpaired) electrons. The lowest BCUT2D eigenvalue weighted by atomic mass is 9.90. The smallest absolute Gasteiger partial charge is 0.254 e. The maximum Gasteiger partial charge on any atom is 0.254 e. The average Bonchev–Trinajstić information content (AvgIpc) is 2.56. The van der Waals surface area contributed by atoms with E-state index >= 15 is 0 Å². The Balaban J connectivity index is 1.59. The third-order valence-corrected chi connectivity index (χ3v) is 5.52. The predicted octanol–water partition coefficient (Wildman–Crippen LogP) is 4.69. The van der Waals surface area contributed by atoms with Crippen LogP contribution in [0.2, 0.25) is 0 Å². The first-order valence-electron chi connectivity index (χ1n) is 8.23. The van der Waals surface area contributed by atoms with Crippen LogP contribution in [0.25, 0.3) is 0 Å². The monoisotopic (exact) mass is 419 g/mol. The number of nitrogens with zero attached hydrogens (tertiary/aromatic N) is 1. The molecule has 1 fully saturated rings. The van der Waals surface area contributed by atoms with Gasteiger partial charge in [-0.1, -0.05) is 42.0 Å². The second-order valence-electron chi connectivity index (χ2n) is 6.41. The number of benzene rings is 2. The Hall–Kier alpha value is -1.36. The van der Waals surface area contributed by atoms with Crippen LogP contribution in [-0.2, 0) is 6.42 Å². The summed E-state index contributed by atoms with van der Waals surface area (Å²) in [5.41, 5.74) is 3.45. The normalized spacial score (nSPS) is 15.7. The van der Waals surface area contributed by atoms with E-state index in [-0.39, 0.29) is 5.91 Å². The lowest BCUT2D eigenvalue weighted by Gasteiger charge is -2.32. The number of carbonyl (C=O) groups excluding carboxylic acids is 1. The Morgan fingerprint density at radius 2 is 1.83 bits per heavy atom. The molecule has 0 saturated carbocycles. The van der Waals surface area contributed by atoms with Gasteiger partial charge in [-0.25, -0.2) is 0 Å². The highest BCUT2D eigenvalue weighted by molar-refractivity contribution is 14.1. The molecule has 2 aromatic rings. The van der Waals surface area contributed by atoms with Gasteiger partial charge in [-0.05, 0) is 72.4 Å². The molecule has 1 aliphatic rings. The van der Waals surface area contributed by atoms with Crippen molar-refractivity contribution in [2.45, 2.75) is 26.2 Å². The zero-order valence-corrected chi connectivity index (χ0v) is 15.6. The van der Waals surface area contributed by atoms with E-state index in [4.69, 9.17) is 0 Å². The second-order valence-corrected chi connectivity index (χ2v) is 7.57. The molecule has 2 aromatic carbocycles. The maximum atomic E-state index is 12.7. The first-order chi connectivity index (χ1) is 11.1. The Bertz CT molecular complexity index is 675. The minimum Gasteiger partial charge on any atom is -0.339 e. The number of amides is 1. The van der Waals surface area contributed by atoms with Gasteiger partial charge in [-0.2, -0.15) is 0 Å². The number of aryl methyl sites for hydroxylation is 1. The molecule has 1 amide bonds. The van der Waals surface area contributed by atoms with Crippen LogP contribution in [0.15, 0.2) is 48.5 Å². The maximum absolute atomic E-state index is 12.7. The number of likely N-dealkylation sites (tertiary alicyclic amines) is 1. The third-order valence-electron chi connectivity index (χ3n) is 4.62. The summed E-state index contributed by atoms with van der Waals surface area (Å²) in [6.07, 6.45) is 3.33. The number of halogens is 1. The van der Waals surface area contributed by atoms with E-state index in [1.54, 1.807) is 0 Å². The van der Waals surface area contributed by atoms with Crippen LogP contribution in [0.5, 0.6) is 0 Å². The molecular formula is C20H22INO. The van der Waals surface area contributed by atoms with Gasteiger partial charge < -0.3 is 4.90 Å². The van der Waals surface area contributed by atoms with Gasteiger partial charge in [0.1, 0.15) is 0 Å². The molecule has 23 heavy (non-hydrogen) atoms. The van der Waals surface area contributed by atoms with Gasteiger partial charge in [0.15, 0.2) is 0 Å². The molecule has 1 heterocycles. The fourth-order valence-corrected chi connectivity index (χ4v) is 4.15. The fraction of sp³-hybridized carbons (Fsp3) is 0.350. The van der Waals surface area contributed by atoms with Crippen LogP contribution >= 0.6 is 22.6 Å². The third kappa shape index (κ3) is 4.14. The van der Waals surface area contributed by atoms with Crippen LogP contribution in [0.4, 0.5) is 0 Å². The molecule has 0 atom stereocenters. The standard InChI is InChI=1S/C20H22INO/c1-15-7-8-18(19(21)13-15)20(23)22-11-9-17(10-12-22)14-16-5-3-2-4-6-16/h2-8,13,17H,9-12,14H2,1H3. The molecule has 0 spiro atoms. The number of hydrogen-bond donors (Lipinski definition) is 0. The zero-order valence-electron chi connectivity index (χ0n) is 13.5. The Morgan fingerprint density at radius 1 is 1.13 bits per heavy atom. The molecule has 0 aromatic heterocycles. The van der Waals surface area contributed by atoms with Crippen LogP contribution < -0.4 is 0 Å². The van der Waals surface area contributed by atoms with Crippen molar-refractivity contribution in [3.8, 4) is 0 Å². The van der Waals surface area contributed by atoms with E-state index in [0.717, 1.165) is 41.5 Å². The summed E-state index contributed by atoms with van der Waals surface area (Å²) in [6, 6.07) is 16.7. The van der Waals surface area contributed by atoms with Crippen LogP contribution in [-0.4, -0.2) is 23.9 Å². The molecule has 3 rings (SSSR count). The van der Waals surface area contributed by atoms with E-state index in [2.05, 4.69) is 65.9 Å². The van der Waals surface area contributed by atoms with Crippen LogP contribution in [0.3, 0.4) is 0 Å². The summed E-state index contributed by atoms with van der Waals surface area (Å²) >= 11 is 2.27. The highest BCUT2D eigenvalue weighted by atomic mass is 127. The SMILES string of the molecule is Cc1ccc(C(=O)N2CCC(Cc3ccccc3)CC2)c(I)c1. The summed E-state index contributed by atoms with van der Waals surface area (Å²) < 4.78 is 1.05. The largest absolute Gasteiger partial charge is 0.339 e. The quantitative estimate of drug-likeness (QED) is 0.661. The van der Waals surface area contributed by atoms with Gasteiger partial charge in [-0.3, -0.25) is 4.79 Å². The molecule has 0 unspecified atom stereocenters. The molecule has 1 aliphatic heterocycles. The minimum absolute atomic E-state index is 0.188. The first-order valence-corrected chi connectivity index (χ1v) is 9.30. The highest BCUT2D eigenvalue weighted by Gasteiger charge is 2.24. The lowest BCUT2D eigenvalue weighted by molar-refractivity contribution is 0.0689. The molecule has 1 saturated heterocycles. The van der Waals surface area contributed by atoms with Gasteiger partial charge in [0.2, 0.25) is 0 Å². The fourth-order valence-electron chi connectivity index (χ4n) is 3.25. The summed E-state index contributed by atoms with van der Waals surface area (Å²) in [7, 11) is 0. The zero-order chi connectivity index (χ0) is 16.2. The predicted molar refractivity (Wildman–Crippen MR) is 103 cm³/mol. The first kappa shape index (κ1) is 16.5. The number of rotatable bonds is 3. The highest BCUT2D eigenvalue weighted by Crippen LogP contribution is 2.24.